The van der Waals surface area contributed by atoms with Crippen LogP contribution >= 0.6 is 0 Å². The molecule has 1 atom stereocenters. The van der Waals surface area contributed by atoms with Gasteiger partial charge in [-0.15, -0.1) is 0 Å². The molecule has 162 valence electrons. The number of rotatable bonds is 6. The van der Waals surface area contributed by atoms with E-state index in [1.807, 2.05) is 0 Å². The lowest BCUT2D eigenvalue weighted by Gasteiger charge is -2.27. The number of benzene rings is 2. The average Bonchev–Trinajstić information content (AvgIpc) is 3.05. The summed E-state index contributed by atoms with van der Waals surface area (Å²) in [4.78, 5) is 51.0. The van der Waals surface area contributed by atoms with Gasteiger partial charge in [0.2, 0.25) is 5.91 Å². The van der Waals surface area contributed by atoms with Crippen LogP contribution in [0.5, 0.6) is 5.75 Å². The molecule has 31 heavy (non-hydrogen) atoms. The van der Waals surface area contributed by atoms with Gasteiger partial charge in [-0.3, -0.25) is 14.4 Å². The molecule has 1 saturated heterocycles. The van der Waals surface area contributed by atoms with Gasteiger partial charge in [-0.1, -0.05) is 18.2 Å². The summed E-state index contributed by atoms with van der Waals surface area (Å²) in [5.74, 6) is -2.23. The first-order valence-electron chi connectivity index (χ1n) is 9.46. The van der Waals surface area contributed by atoms with E-state index in [4.69, 9.17) is 9.47 Å². The Hall–Kier alpha value is -3.95. The van der Waals surface area contributed by atoms with Crippen LogP contribution in [-0.4, -0.2) is 48.1 Å². The largest absolute Gasteiger partial charge is 0.484 e. The second-order valence-electron chi connectivity index (χ2n) is 6.46. The molecule has 0 aromatic heterocycles. The Kier molecular flexibility index (Phi) is 6.81. The van der Waals surface area contributed by atoms with E-state index in [9.17, 15) is 23.6 Å². The summed E-state index contributed by atoms with van der Waals surface area (Å²) >= 11 is 0. The molecule has 0 spiro atoms. The summed E-state index contributed by atoms with van der Waals surface area (Å²) in [6, 6.07) is 11.9. The predicted molar refractivity (Wildman–Crippen MR) is 106 cm³/mol. The van der Waals surface area contributed by atoms with Crippen LogP contribution in [0, 0.1) is 5.82 Å². The highest BCUT2D eigenvalue weighted by Crippen LogP contribution is 2.25. The van der Waals surface area contributed by atoms with Crippen LogP contribution in [0.1, 0.15) is 13.3 Å². The van der Waals surface area contributed by atoms with E-state index in [0.717, 1.165) is 22.0 Å². The minimum Gasteiger partial charge on any atom is -0.484 e. The Morgan fingerprint density at radius 3 is 2.45 bits per heavy atom. The number of carbonyl (C=O) groups excluding carboxylic acids is 4. The summed E-state index contributed by atoms with van der Waals surface area (Å²) in [6.07, 6.45) is -1.34. The summed E-state index contributed by atoms with van der Waals surface area (Å²) in [5.41, 5.74) is 2.37. The number of hydrogen-bond acceptors (Lipinski definition) is 6. The molecule has 2 aromatic rings. The molecule has 1 heterocycles. The van der Waals surface area contributed by atoms with Gasteiger partial charge in [0.15, 0.2) is 6.61 Å². The van der Waals surface area contributed by atoms with Crippen molar-refractivity contribution in [2.75, 3.05) is 18.1 Å². The summed E-state index contributed by atoms with van der Waals surface area (Å²) < 4.78 is 23.4. The van der Waals surface area contributed by atoms with Crippen LogP contribution in [0.2, 0.25) is 0 Å². The lowest BCUT2D eigenvalue weighted by molar-refractivity contribution is -0.143. The number of hydrogen-bond donors (Lipinski definition) is 1. The van der Waals surface area contributed by atoms with Gasteiger partial charge < -0.3 is 9.47 Å². The van der Waals surface area contributed by atoms with Crippen molar-refractivity contribution in [2.24, 2.45) is 0 Å². The molecule has 1 unspecified atom stereocenters. The zero-order valence-electron chi connectivity index (χ0n) is 16.6. The Bertz CT molecular complexity index is 967. The fourth-order valence-corrected chi connectivity index (χ4v) is 2.99. The third kappa shape index (κ3) is 5.16. The molecule has 2 aromatic carbocycles. The van der Waals surface area contributed by atoms with Gasteiger partial charge in [0.05, 0.1) is 18.7 Å². The Morgan fingerprint density at radius 1 is 1.13 bits per heavy atom. The standard InChI is InChI=1S/C21H20FN3O6/c1-2-30-21(29)23-25(19(27)13-31-16-6-4-3-5-7-16)17-12-18(26)24(20(17)28)15-10-8-14(22)9-11-15/h3-11,17H,2,12-13H2,1H3,(H,23,29). The summed E-state index contributed by atoms with van der Waals surface area (Å²) in [5, 5.41) is 0.741. The highest BCUT2D eigenvalue weighted by molar-refractivity contribution is 6.23. The third-order valence-electron chi connectivity index (χ3n) is 4.38. The van der Waals surface area contributed by atoms with Crippen molar-refractivity contribution in [3.63, 3.8) is 0 Å². The number of carbonyl (C=O) groups is 4. The Morgan fingerprint density at radius 2 is 1.81 bits per heavy atom. The maximum absolute atomic E-state index is 13.2. The maximum Gasteiger partial charge on any atom is 0.426 e. The zero-order valence-corrected chi connectivity index (χ0v) is 16.6. The van der Waals surface area contributed by atoms with Crippen molar-refractivity contribution in [1.82, 2.24) is 10.4 Å². The fraction of sp³-hybridized carbons (Fsp3) is 0.238. The van der Waals surface area contributed by atoms with Gasteiger partial charge in [0.25, 0.3) is 11.8 Å². The van der Waals surface area contributed by atoms with Gasteiger partial charge >= 0.3 is 6.09 Å². The first-order chi connectivity index (χ1) is 14.9. The molecule has 9 nitrogen and oxygen atoms in total. The van der Waals surface area contributed by atoms with Crippen molar-refractivity contribution in [3.8, 4) is 5.75 Å². The second-order valence-corrected chi connectivity index (χ2v) is 6.46. The van der Waals surface area contributed by atoms with Crippen molar-refractivity contribution in [3.05, 3.63) is 60.4 Å². The van der Waals surface area contributed by atoms with E-state index in [2.05, 4.69) is 5.43 Å². The molecule has 4 amide bonds. The van der Waals surface area contributed by atoms with Gasteiger partial charge in [0.1, 0.15) is 17.6 Å². The number of hydrazine groups is 1. The van der Waals surface area contributed by atoms with Crippen molar-refractivity contribution in [2.45, 2.75) is 19.4 Å². The highest BCUT2D eigenvalue weighted by Gasteiger charge is 2.45. The maximum atomic E-state index is 13.2. The third-order valence-corrected chi connectivity index (χ3v) is 4.38. The van der Waals surface area contributed by atoms with Crippen LogP contribution in [0.15, 0.2) is 54.6 Å². The van der Waals surface area contributed by atoms with E-state index >= 15 is 0 Å². The SMILES string of the molecule is CCOC(=O)NN(C(=O)COc1ccccc1)C1CC(=O)N(c2ccc(F)cc2)C1=O. The molecule has 1 fully saturated rings. The van der Waals surface area contributed by atoms with Crippen LogP contribution < -0.4 is 15.1 Å². The summed E-state index contributed by atoms with van der Waals surface area (Å²) in [6.45, 7) is 1.11. The van der Waals surface area contributed by atoms with E-state index in [-0.39, 0.29) is 18.7 Å². The normalized spacial score (nSPS) is 15.5. The molecule has 1 aliphatic rings. The number of para-hydroxylation sites is 1. The monoisotopic (exact) mass is 429 g/mol. The average molecular weight is 429 g/mol. The number of ether oxygens (including phenoxy) is 2. The highest BCUT2D eigenvalue weighted by atomic mass is 19.1. The Balaban J connectivity index is 1.80. The van der Waals surface area contributed by atoms with Gasteiger partial charge in [0, 0.05) is 0 Å². The van der Waals surface area contributed by atoms with Crippen molar-refractivity contribution < 1.29 is 33.0 Å². The van der Waals surface area contributed by atoms with Crippen LogP contribution in [-0.2, 0) is 19.1 Å². The number of amides is 4. The number of nitrogens with one attached hydrogen (secondary N) is 1. The predicted octanol–water partition coefficient (Wildman–Crippen LogP) is 2.03. The minimum atomic E-state index is -1.31. The molecule has 0 bridgehead atoms. The number of imide groups is 1. The minimum absolute atomic E-state index is 0.0353. The molecule has 0 saturated carbocycles. The number of halogens is 1. The molecule has 3 rings (SSSR count). The van der Waals surface area contributed by atoms with E-state index in [1.165, 1.54) is 12.1 Å². The van der Waals surface area contributed by atoms with Crippen LogP contribution in [0.25, 0.3) is 0 Å². The second kappa shape index (κ2) is 9.70. The molecule has 0 radical (unpaired) electrons. The van der Waals surface area contributed by atoms with E-state index in [0.29, 0.717) is 5.75 Å². The lowest BCUT2D eigenvalue weighted by atomic mass is 10.2. The van der Waals surface area contributed by atoms with Crippen LogP contribution in [0.3, 0.4) is 0 Å². The van der Waals surface area contributed by atoms with Gasteiger partial charge in [-0.05, 0) is 43.3 Å². The molecular weight excluding hydrogens is 409 g/mol. The molecule has 1 N–H and O–H groups in total. The van der Waals surface area contributed by atoms with Crippen molar-refractivity contribution >= 4 is 29.5 Å². The zero-order chi connectivity index (χ0) is 22.4. The van der Waals surface area contributed by atoms with Crippen LogP contribution in [0.4, 0.5) is 14.9 Å². The fourth-order valence-electron chi connectivity index (χ4n) is 2.99. The van der Waals surface area contributed by atoms with E-state index in [1.54, 1.807) is 37.3 Å². The molecule has 10 heteroatoms. The van der Waals surface area contributed by atoms with E-state index < -0.39 is 42.3 Å². The summed E-state index contributed by atoms with van der Waals surface area (Å²) in [7, 11) is 0. The first-order valence-corrected chi connectivity index (χ1v) is 9.46. The smallest absolute Gasteiger partial charge is 0.426 e. The Labute approximate surface area is 177 Å². The molecular formula is C21H20FN3O6. The molecule has 0 aliphatic carbocycles. The number of nitrogens with zero attached hydrogens (tertiary/aromatic N) is 2. The quantitative estimate of drug-likeness (QED) is 0.557. The number of anilines is 1. The topological polar surface area (TPSA) is 105 Å². The van der Waals surface area contributed by atoms with Gasteiger partial charge in [-0.25, -0.2) is 24.5 Å². The van der Waals surface area contributed by atoms with Gasteiger partial charge in [-0.2, -0.15) is 0 Å². The van der Waals surface area contributed by atoms with Crippen molar-refractivity contribution in [1.29, 1.82) is 0 Å². The lowest BCUT2D eigenvalue weighted by Crippen LogP contribution is -2.56. The first kappa shape index (κ1) is 21.8. The molecule has 1 aliphatic heterocycles.